The Balaban J connectivity index is 2.51. The summed E-state index contributed by atoms with van der Waals surface area (Å²) in [6.07, 6.45) is 1.77. The highest BCUT2D eigenvalue weighted by Gasteiger charge is 2.45. The number of hydrogen-bond donors (Lipinski definition) is 1. The van der Waals surface area contributed by atoms with Crippen LogP contribution in [0.3, 0.4) is 0 Å². The topological polar surface area (TPSA) is 82.3 Å². The number of nitriles is 1. The van der Waals surface area contributed by atoms with Gasteiger partial charge in [-0.25, -0.2) is 0 Å². The van der Waals surface area contributed by atoms with Crippen LogP contribution in [0.4, 0.5) is 0 Å². The van der Waals surface area contributed by atoms with Crippen molar-refractivity contribution in [2.24, 2.45) is 11.1 Å². The van der Waals surface area contributed by atoms with E-state index in [1.807, 2.05) is 19.9 Å². The molecule has 1 atom stereocenters. The summed E-state index contributed by atoms with van der Waals surface area (Å²) in [6.45, 7) is 3.84. The lowest BCUT2D eigenvalue weighted by molar-refractivity contribution is -0.123. The van der Waals surface area contributed by atoms with E-state index in [-0.39, 0.29) is 5.92 Å². The zero-order valence-electron chi connectivity index (χ0n) is 8.99. The summed E-state index contributed by atoms with van der Waals surface area (Å²) >= 11 is 0. The van der Waals surface area contributed by atoms with E-state index in [2.05, 4.69) is 10.5 Å². The Labute approximate surface area is 88.8 Å². The van der Waals surface area contributed by atoms with Crippen molar-refractivity contribution >= 4 is 5.91 Å². The first kappa shape index (κ1) is 11.6. The molecule has 1 unspecified atom stereocenters. The second kappa shape index (κ2) is 4.39. The van der Waals surface area contributed by atoms with Crippen LogP contribution >= 0.6 is 0 Å². The first-order valence-corrected chi connectivity index (χ1v) is 5.09. The van der Waals surface area contributed by atoms with Crippen LogP contribution < -0.4 is 5.32 Å². The van der Waals surface area contributed by atoms with E-state index in [1.54, 1.807) is 0 Å². The van der Waals surface area contributed by atoms with E-state index in [4.69, 9.17) is 5.26 Å². The standard InChI is InChI=1S/C10H15N3O2/c1-7(2)5-8(13-15)9(14)12-10(6-11)3-4-10/h7-8H,3-5H2,1-2H3,(H,12,14). The lowest BCUT2D eigenvalue weighted by Gasteiger charge is -2.14. The minimum Gasteiger partial charge on any atom is -0.336 e. The lowest BCUT2D eigenvalue weighted by Crippen LogP contribution is -2.41. The van der Waals surface area contributed by atoms with E-state index in [1.165, 1.54) is 0 Å². The van der Waals surface area contributed by atoms with E-state index in [0.717, 1.165) is 0 Å². The van der Waals surface area contributed by atoms with Crippen LogP contribution in [-0.4, -0.2) is 17.5 Å². The fourth-order valence-corrected chi connectivity index (χ4v) is 1.35. The number of hydrogen-bond acceptors (Lipinski definition) is 4. The lowest BCUT2D eigenvalue weighted by atomic mass is 10.0. The Morgan fingerprint density at radius 2 is 2.20 bits per heavy atom. The van der Waals surface area contributed by atoms with Gasteiger partial charge in [0, 0.05) is 0 Å². The van der Waals surface area contributed by atoms with Crippen molar-refractivity contribution in [3.05, 3.63) is 4.91 Å². The minimum atomic E-state index is -0.865. The summed E-state index contributed by atoms with van der Waals surface area (Å²) in [6, 6.07) is 1.17. The molecule has 5 heteroatoms. The Morgan fingerprint density at radius 3 is 2.53 bits per heavy atom. The van der Waals surface area contributed by atoms with Gasteiger partial charge < -0.3 is 5.32 Å². The normalized spacial score (nSPS) is 19.1. The molecule has 0 aromatic carbocycles. The number of nitroso groups, excluding NO2 is 1. The van der Waals surface area contributed by atoms with Gasteiger partial charge in [0.2, 0.25) is 5.91 Å². The van der Waals surface area contributed by atoms with Crippen LogP contribution in [0.5, 0.6) is 0 Å². The predicted octanol–water partition coefficient (Wildman–Crippen LogP) is 1.34. The summed E-state index contributed by atoms with van der Waals surface area (Å²) in [5.41, 5.74) is -0.711. The maximum absolute atomic E-state index is 11.6. The van der Waals surface area contributed by atoms with Gasteiger partial charge in [-0.05, 0) is 25.2 Å². The van der Waals surface area contributed by atoms with Crippen molar-refractivity contribution in [2.45, 2.75) is 44.7 Å². The van der Waals surface area contributed by atoms with Crippen molar-refractivity contribution in [3.8, 4) is 6.07 Å². The van der Waals surface area contributed by atoms with Crippen LogP contribution in [0.1, 0.15) is 33.1 Å². The molecule has 1 rings (SSSR count). The third-order valence-corrected chi connectivity index (χ3v) is 2.45. The molecule has 82 valence electrons. The van der Waals surface area contributed by atoms with Crippen LogP contribution in [0.2, 0.25) is 0 Å². The molecule has 15 heavy (non-hydrogen) atoms. The van der Waals surface area contributed by atoms with E-state index in [0.29, 0.717) is 19.3 Å². The SMILES string of the molecule is CC(C)CC(N=O)C(=O)NC1(C#N)CC1. The minimum absolute atomic E-state index is 0.232. The molecule has 0 bridgehead atoms. The van der Waals surface area contributed by atoms with Crippen molar-refractivity contribution in [2.75, 3.05) is 0 Å². The average Bonchev–Trinajstić information content (AvgIpc) is 2.94. The summed E-state index contributed by atoms with van der Waals surface area (Å²) in [5, 5.41) is 14.2. The Hall–Kier alpha value is -1.44. The number of nitrogens with one attached hydrogen (secondary N) is 1. The molecule has 1 aliphatic carbocycles. The summed E-state index contributed by atoms with van der Waals surface area (Å²) in [5.74, 6) is -0.187. The average molecular weight is 209 g/mol. The molecule has 1 N–H and O–H groups in total. The fourth-order valence-electron chi connectivity index (χ4n) is 1.35. The molecular formula is C10H15N3O2. The number of nitrogens with zero attached hydrogens (tertiary/aromatic N) is 2. The summed E-state index contributed by atoms with van der Waals surface area (Å²) in [7, 11) is 0. The van der Waals surface area contributed by atoms with E-state index < -0.39 is 17.5 Å². The third kappa shape index (κ3) is 3.01. The Kier molecular flexibility index (Phi) is 3.40. The maximum Gasteiger partial charge on any atom is 0.249 e. The molecule has 0 aromatic heterocycles. The van der Waals surface area contributed by atoms with Gasteiger partial charge in [-0.1, -0.05) is 19.0 Å². The van der Waals surface area contributed by atoms with Gasteiger partial charge in [0.1, 0.15) is 5.54 Å². The van der Waals surface area contributed by atoms with E-state index >= 15 is 0 Å². The van der Waals surface area contributed by atoms with Crippen LogP contribution in [0, 0.1) is 22.2 Å². The van der Waals surface area contributed by atoms with Crippen molar-refractivity contribution in [3.63, 3.8) is 0 Å². The highest BCUT2D eigenvalue weighted by molar-refractivity contribution is 5.83. The highest BCUT2D eigenvalue weighted by atomic mass is 16.3. The smallest absolute Gasteiger partial charge is 0.249 e. The van der Waals surface area contributed by atoms with Gasteiger partial charge in [0.15, 0.2) is 6.04 Å². The zero-order valence-corrected chi connectivity index (χ0v) is 8.99. The maximum atomic E-state index is 11.6. The van der Waals surface area contributed by atoms with Crippen LogP contribution in [0.15, 0.2) is 5.18 Å². The Bertz CT molecular complexity index is 302. The summed E-state index contributed by atoms with van der Waals surface area (Å²) < 4.78 is 0. The summed E-state index contributed by atoms with van der Waals surface area (Å²) in [4.78, 5) is 22.1. The Morgan fingerprint density at radius 1 is 1.60 bits per heavy atom. The molecule has 0 spiro atoms. The number of rotatable bonds is 5. The number of carbonyl (C=O) groups is 1. The molecule has 1 fully saturated rings. The van der Waals surface area contributed by atoms with Gasteiger partial charge in [0.05, 0.1) is 6.07 Å². The largest absolute Gasteiger partial charge is 0.336 e. The van der Waals surface area contributed by atoms with Gasteiger partial charge in [-0.2, -0.15) is 5.26 Å². The van der Waals surface area contributed by atoms with Gasteiger partial charge in [0.25, 0.3) is 0 Å². The molecule has 1 amide bonds. The van der Waals surface area contributed by atoms with Crippen molar-refractivity contribution in [1.29, 1.82) is 5.26 Å². The zero-order chi connectivity index (χ0) is 11.5. The van der Waals surface area contributed by atoms with Crippen LogP contribution in [-0.2, 0) is 4.79 Å². The quantitative estimate of drug-likeness (QED) is 0.693. The molecule has 5 nitrogen and oxygen atoms in total. The fraction of sp³-hybridized carbons (Fsp3) is 0.800. The predicted molar refractivity (Wildman–Crippen MR) is 54.8 cm³/mol. The first-order valence-electron chi connectivity index (χ1n) is 5.09. The first-order chi connectivity index (χ1) is 7.03. The van der Waals surface area contributed by atoms with Gasteiger partial charge in [-0.3, -0.25) is 4.79 Å². The van der Waals surface area contributed by atoms with Gasteiger partial charge in [-0.15, -0.1) is 4.91 Å². The molecule has 0 radical (unpaired) electrons. The molecule has 1 aliphatic rings. The molecule has 0 aromatic rings. The highest BCUT2D eigenvalue weighted by Crippen LogP contribution is 2.34. The van der Waals surface area contributed by atoms with Gasteiger partial charge >= 0.3 is 0 Å². The molecular weight excluding hydrogens is 194 g/mol. The van der Waals surface area contributed by atoms with E-state index in [9.17, 15) is 9.70 Å². The van der Waals surface area contributed by atoms with Crippen molar-refractivity contribution in [1.82, 2.24) is 5.32 Å². The van der Waals surface area contributed by atoms with Crippen molar-refractivity contribution < 1.29 is 4.79 Å². The second-order valence-electron chi connectivity index (χ2n) is 4.43. The molecule has 1 saturated carbocycles. The monoisotopic (exact) mass is 209 g/mol. The molecule has 0 aliphatic heterocycles. The number of amides is 1. The molecule has 0 heterocycles. The second-order valence-corrected chi connectivity index (χ2v) is 4.43. The third-order valence-electron chi connectivity index (χ3n) is 2.45. The number of carbonyl (C=O) groups excluding carboxylic acids is 1. The molecule has 0 saturated heterocycles. The van der Waals surface area contributed by atoms with Crippen LogP contribution in [0.25, 0.3) is 0 Å².